The Hall–Kier alpha value is -0.440. The predicted octanol–water partition coefficient (Wildman–Crippen LogP) is 4.70. The zero-order valence-electron chi connectivity index (χ0n) is 14.7. The van der Waals surface area contributed by atoms with E-state index in [1.54, 1.807) is 0 Å². The molecule has 1 aromatic rings. The number of hydrogen-bond acceptors (Lipinski definition) is 2. The molecule has 0 saturated heterocycles. The van der Waals surface area contributed by atoms with Crippen molar-refractivity contribution in [3.05, 3.63) is 35.9 Å². The fourth-order valence-electron chi connectivity index (χ4n) is 2.73. The van der Waals surface area contributed by atoms with E-state index in [-0.39, 0.29) is 0 Å². The third kappa shape index (κ3) is 3.72. The Morgan fingerprint density at radius 3 is 1.91 bits per heavy atom. The van der Waals surface area contributed by atoms with E-state index in [0.717, 1.165) is 5.56 Å². The van der Waals surface area contributed by atoms with Crippen LogP contribution in [0, 0.1) is 0 Å². The van der Waals surface area contributed by atoms with Crippen molar-refractivity contribution in [2.75, 3.05) is 12.3 Å². The summed E-state index contributed by atoms with van der Waals surface area (Å²) in [6, 6.07) is 9.85. The average Bonchev–Trinajstić information content (AvgIpc) is 2.51. The molecule has 3 nitrogen and oxygen atoms in total. The van der Waals surface area contributed by atoms with Gasteiger partial charge in [0.1, 0.15) is 12.4 Å². The number of hydrogen-bond donors (Lipinski definition) is 1. The molecule has 1 rings (SSSR count). The average molecular weight is 343 g/mol. The van der Waals surface area contributed by atoms with E-state index in [0.29, 0.717) is 18.7 Å². The van der Waals surface area contributed by atoms with Crippen LogP contribution in [0.3, 0.4) is 0 Å². The lowest BCUT2D eigenvalue weighted by Gasteiger charge is -2.42. The highest BCUT2D eigenvalue weighted by atomic mass is 32.2. The van der Waals surface area contributed by atoms with E-state index in [4.69, 9.17) is 0 Å². The quantitative estimate of drug-likeness (QED) is 0.729. The molecule has 0 unspecified atom stereocenters. The molecule has 2 atom stereocenters. The highest BCUT2D eigenvalue weighted by molar-refractivity contribution is 7.85. The van der Waals surface area contributed by atoms with Crippen LogP contribution in [0.1, 0.15) is 53.5 Å². The molecule has 0 spiro atoms. The van der Waals surface area contributed by atoms with E-state index in [1.165, 1.54) is 0 Å². The Bertz CT molecular complexity index is 546. The van der Waals surface area contributed by atoms with Crippen molar-refractivity contribution in [1.82, 2.24) is 4.72 Å². The van der Waals surface area contributed by atoms with Crippen LogP contribution in [0.15, 0.2) is 30.3 Å². The zero-order chi connectivity index (χ0) is 17.0. The van der Waals surface area contributed by atoms with Gasteiger partial charge in [-0.3, -0.25) is 0 Å². The summed E-state index contributed by atoms with van der Waals surface area (Å²) < 4.78 is 29.3. The lowest BCUT2D eigenvalue weighted by molar-refractivity contribution is 0.481. The smallest absolute Gasteiger partial charge is 0.111 e. The van der Waals surface area contributed by atoms with Crippen molar-refractivity contribution in [1.29, 1.82) is 0 Å². The van der Waals surface area contributed by atoms with Crippen LogP contribution in [0.4, 0.5) is 0 Å². The van der Waals surface area contributed by atoms with Crippen molar-refractivity contribution < 1.29 is 8.77 Å². The molecular weight excluding hydrogens is 313 g/mol. The van der Waals surface area contributed by atoms with Crippen LogP contribution in [0.5, 0.6) is 0 Å². The Morgan fingerprint density at radius 1 is 1.05 bits per heavy atom. The Labute approximate surface area is 138 Å². The molecule has 1 N–H and O–H groups in total. The minimum absolute atomic E-state index is 0.401. The van der Waals surface area contributed by atoms with Crippen LogP contribution in [-0.2, 0) is 20.8 Å². The molecule has 0 bridgehead atoms. The van der Waals surface area contributed by atoms with Gasteiger partial charge in [0.2, 0.25) is 0 Å². The second kappa shape index (κ2) is 7.42. The SMILES string of the molecule is CC[C@@](N[S@@](=O)C(C)(C)C)(c1ccccc1)P(=O)(CC)CC. The molecule has 0 aliphatic rings. The standard InChI is InChI=1S/C17H30NO2PS/c1-7-17(21(19,8-2)9-3,15-13-11-10-12-14-15)18-22(20)16(4,5)6/h10-14,18H,7-9H2,1-6H3/t17-,22-/m0/s1. The Kier molecular flexibility index (Phi) is 6.61. The van der Waals surface area contributed by atoms with Crippen LogP contribution < -0.4 is 4.72 Å². The summed E-state index contributed by atoms with van der Waals surface area (Å²) in [5.41, 5.74) is 0.974. The van der Waals surface area contributed by atoms with Crippen LogP contribution in [0.25, 0.3) is 0 Å². The number of nitrogens with one attached hydrogen (secondary N) is 1. The van der Waals surface area contributed by atoms with Gasteiger partial charge in [-0.25, -0.2) is 8.93 Å². The predicted molar refractivity (Wildman–Crippen MR) is 98.1 cm³/mol. The summed E-state index contributed by atoms with van der Waals surface area (Å²) in [4.78, 5) is 0. The normalized spacial score (nSPS) is 17.0. The first kappa shape index (κ1) is 19.6. The second-order valence-corrected chi connectivity index (χ2v) is 12.4. The lowest BCUT2D eigenvalue weighted by atomic mass is 10.1. The zero-order valence-corrected chi connectivity index (χ0v) is 16.4. The number of rotatable bonds is 7. The van der Waals surface area contributed by atoms with E-state index in [1.807, 2.05) is 71.9 Å². The van der Waals surface area contributed by atoms with Crippen molar-refractivity contribution in [2.45, 2.75) is 58.0 Å². The lowest BCUT2D eigenvalue weighted by Crippen LogP contribution is -2.48. The van der Waals surface area contributed by atoms with Gasteiger partial charge in [0.15, 0.2) is 0 Å². The Morgan fingerprint density at radius 2 is 1.55 bits per heavy atom. The fraction of sp³-hybridized carbons (Fsp3) is 0.647. The molecule has 0 radical (unpaired) electrons. The minimum Gasteiger partial charge on any atom is -0.321 e. The minimum atomic E-state index is -2.57. The second-order valence-electron chi connectivity index (χ2n) is 6.58. The van der Waals surface area contributed by atoms with E-state index >= 15 is 0 Å². The van der Waals surface area contributed by atoms with Gasteiger partial charge in [-0.05, 0) is 32.8 Å². The summed E-state index contributed by atoms with van der Waals surface area (Å²) in [5, 5.41) is -0.726. The van der Waals surface area contributed by atoms with Gasteiger partial charge < -0.3 is 4.57 Å². The first-order valence-electron chi connectivity index (χ1n) is 8.00. The van der Waals surface area contributed by atoms with Crippen LogP contribution >= 0.6 is 7.14 Å². The molecule has 0 heterocycles. The van der Waals surface area contributed by atoms with Gasteiger partial charge in [0, 0.05) is 12.3 Å². The van der Waals surface area contributed by atoms with Crippen molar-refractivity contribution in [2.24, 2.45) is 0 Å². The Balaban J connectivity index is 3.50. The third-order valence-electron chi connectivity index (χ3n) is 4.30. The summed E-state index contributed by atoms with van der Waals surface area (Å²) in [6.45, 7) is 11.8. The molecule has 126 valence electrons. The van der Waals surface area contributed by atoms with Gasteiger partial charge in [0.05, 0.1) is 15.7 Å². The first-order chi connectivity index (χ1) is 10.2. The summed E-state index contributed by atoms with van der Waals surface area (Å²) >= 11 is 0. The molecule has 0 aromatic heterocycles. The molecular formula is C17H30NO2PS. The maximum Gasteiger partial charge on any atom is 0.111 e. The van der Waals surface area contributed by atoms with Gasteiger partial charge in [-0.15, -0.1) is 0 Å². The highest BCUT2D eigenvalue weighted by Gasteiger charge is 2.47. The monoisotopic (exact) mass is 343 g/mol. The molecule has 0 amide bonds. The molecule has 0 aliphatic carbocycles. The maximum absolute atomic E-state index is 13.7. The van der Waals surface area contributed by atoms with E-state index in [2.05, 4.69) is 4.72 Å². The summed E-state index contributed by atoms with van der Waals surface area (Å²) in [6.07, 6.45) is 1.85. The molecule has 0 aliphatic heterocycles. The third-order valence-corrected chi connectivity index (χ3v) is 10.2. The molecule has 1 aromatic carbocycles. The van der Waals surface area contributed by atoms with Crippen molar-refractivity contribution in [3.63, 3.8) is 0 Å². The van der Waals surface area contributed by atoms with Crippen LogP contribution in [0.2, 0.25) is 0 Å². The number of benzene rings is 1. The molecule has 22 heavy (non-hydrogen) atoms. The molecule has 0 saturated carbocycles. The summed E-state index contributed by atoms with van der Waals surface area (Å²) in [5.74, 6) is 0. The molecule has 5 heteroatoms. The summed E-state index contributed by atoms with van der Waals surface area (Å²) in [7, 11) is -3.85. The van der Waals surface area contributed by atoms with Crippen LogP contribution in [-0.4, -0.2) is 21.3 Å². The first-order valence-corrected chi connectivity index (χ1v) is 11.2. The van der Waals surface area contributed by atoms with E-state index < -0.39 is 28.2 Å². The fourth-order valence-corrected chi connectivity index (χ4v) is 7.24. The topological polar surface area (TPSA) is 46.2 Å². The largest absolute Gasteiger partial charge is 0.321 e. The molecule has 0 fully saturated rings. The highest BCUT2D eigenvalue weighted by Crippen LogP contribution is 2.63. The van der Waals surface area contributed by atoms with Crippen molar-refractivity contribution >= 4 is 18.1 Å². The van der Waals surface area contributed by atoms with Gasteiger partial charge >= 0.3 is 0 Å². The van der Waals surface area contributed by atoms with Gasteiger partial charge in [0.25, 0.3) is 0 Å². The van der Waals surface area contributed by atoms with E-state index in [9.17, 15) is 8.77 Å². The van der Waals surface area contributed by atoms with Gasteiger partial charge in [-0.2, -0.15) is 0 Å². The van der Waals surface area contributed by atoms with Gasteiger partial charge in [-0.1, -0.05) is 51.1 Å². The van der Waals surface area contributed by atoms with Crippen molar-refractivity contribution in [3.8, 4) is 0 Å². The maximum atomic E-state index is 13.7.